The Morgan fingerprint density at radius 3 is 2.63 bits per heavy atom. The van der Waals surface area contributed by atoms with Crippen molar-refractivity contribution in [2.45, 2.75) is 24.3 Å². The monoisotopic (exact) mass is 321 g/mol. The summed E-state index contributed by atoms with van der Waals surface area (Å²) in [5, 5.41) is 2.82. The fourth-order valence-corrected chi connectivity index (χ4v) is 2.55. The predicted octanol–water partition coefficient (Wildman–Crippen LogP) is 2.96. The predicted molar refractivity (Wildman–Crippen MR) is 76.2 cm³/mol. The molecule has 1 N–H and O–H groups in total. The maximum Gasteiger partial charge on any atom is 0.261 e. The number of carbonyl (C=O) groups is 1. The highest BCUT2D eigenvalue weighted by molar-refractivity contribution is 8.13. The molecule has 0 heterocycles. The van der Waals surface area contributed by atoms with Crippen LogP contribution in [-0.2, 0) is 9.05 Å². The van der Waals surface area contributed by atoms with Crippen LogP contribution in [0.25, 0.3) is 0 Å². The summed E-state index contributed by atoms with van der Waals surface area (Å²) in [6, 6.07) is 3.64. The molecule has 0 spiro atoms. The van der Waals surface area contributed by atoms with E-state index < -0.39 is 15.0 Å². The number of hydrogen-bond donors (Lipinski definition) is 1. The van der Waals surface area contributed by atoms with E-state index in [0.29, 0.717) is 6.42 Å². The van der Waals surface area contributed by atoms with E-state index in [9.17, 15) is 13.2 Å². The van der Waals surface area contributed by atoms with Crippen LogP contribution in [0, 0.1) is 0 Å². The maximum atomic E-state index is 11.9. The first kappa shape index (κ1) is 16.0. The molecule has 0 bridgehead atoms. The van der Waals surface area contributed by atoms with Crippen molar-refractivity contribution in [2.24, 2.45) is 0 Å². The van der Waals surface area contributed by atoms with Gasteiger partial charge in [-0.3, -0.25) is 4.79 Å². The third kappa shape index (κ3) is 4.86. The van der Waals surface area contributed by atoms with Gasteiger partial charge in [0.15, 0.2) is 0 Å². The van der Waals surface area contributed by atoms with Crippen LogP contribution in [0.1, 0.15) is 23.7 Å². The normalized spacial score (nSPS) is 12.8. The van der Waals surface area contributed by atoms with Crippen LogP contribution >= 0.6 is 22.3 Å². The van der Waals surface area contributed by atoms with Gasteiger partial charge in [0.2, 0.25) is 0 Å². The van der Waals surface area contributed by atoms with Crippen molar-refractivity contribution in [1.82, 2.24) is 5.32 Å². The van der Waals surface area contributed by atoms with Crippen LogP contribution in [0.2, 0.25) is 5.02 Å². The highest BCUT2D eigenvalue weighted by Gasteiger charge is 2.16. The third-order valence-corrected chi connectivity index (χ3v) is 3.86. The Morgan fingerprint density at radius 2 is 2.11 bits per heavy atom. The third-order valence-electron chi connectivity index (χ3n) is 2.31. The van der Waals surface area contributed by atoms with Crippen molar-refractivity contribution in [2.75, 3.05) is 0 Å². The van der Waals surface area contributed by atoms with E-state index in [1.807, 2.05) is 6.92 Å². The minimum absolute atomic E-state index is 0.111. The molecule has 0 fully saturated rings. The second kappa shape index (κ2) is 6.41. The molecule has 0 aliphatic carbocycles. The van der Waals surface area contributed by atoms with Crippen molar-refractivity contribution < 1.29 is 13.2 Å². The van der Waals surface area contributed by atoms with E-state index in [1.54, 1.807) is 6.08 Å². The van der Waals surface area contributed by atoms with E-state index in [-0.39, 0.29) is 21.5 Å². The van der Waals surface area contributed by atoms with Gasteiger partial charge in [0.1, 0.15) is 0 Å². The summed E-state index contributed by atoms with van der Waals surface area (Å²) in [6.45, 7) is 5.38. The fourth-order valence-electron chi connectivity index (χ4n) is 1.45. The average Bonchev–Trinajstić information content (AvgIpc) is 2.27. The Hall–Kier alpha value is -1.04. The Bertz CT molecular complexity index is 599. The second-order valence-corrected chi connectivity index (χ2v) is 7.01. The molecule has 1 aromatic rings. The van der Waals surface area contributed by atoms with Gasteiger partial charge in [-0.1, -0.05) is 17.7 Å². The lowest BCUT2D eigenvalue weighted by atomic mass is 10.2. The van der Waals surface area contributed by atoms with Gasteiger partial charge in [0, 0.05) is 27.3 Å². The lowest BCUT2D eigenvalue weighted by Crippen LogP contribution is -2.32. The van der Waals surface area contributed by atoms with Gasteiger partial charge in [-0.05, 0) is 31.5 Å². The van der Waals surface area contributed by atoms with Crippen LogP contribution in [0.15, 0.2) is 35.7 Å². The summed E-state index contributed by atoms with van der Waals surface area (Å²) in [4.78, 5) is 11.7. The summed E-state index contributed by atoms with van der Waals surface area (Å²) in [7, 11) is 1.30. The summed E-state index contributed by atoms with van der Waals surface area (Å²) in [6.07, 6.45) is 2.28. The minimum atomic E-state index is -3.93. The molecule has 104 valence electrons. The Balaban J connectivity index is 3.04. The molecule has 0 aliphatic rings. The second-order valence-electron chi connectivity index (χ2n) is 4.01. The zero-order valence-corrected chi connectivity index (χ0v) is 12.5. The standard InChI is InChI=1S/C12H13Cl2NO3S/c1-3-4-8(2)15-12(16)9-5-10(13)7-11(6-9)19(14,17)18/h3,5-8H,1,4H2,2H3,(H,15,16). The molecule has 1 unspecified atom stereocenters. The molecular weight excluding hydrogens is 309 g/mol. The first-order valence-electron chi connectivity index (χ1n) is 5.41. The van der Waals surface area contributed by atoms with Crippen LogP contribution in [-0.4, -0.2) is 20.4 Å². The first-order valence-corrected chi connectivity index (χ1v) is 8.09. The molecule has 0 radical (unpaired) electrons. The molecule has 0 saturated heterocycles. The quantitative estimate of drug-likeness (QED) is 0.669. The molecule has 7 heteroatoms. The average molecular weight is 322 g/mol. The first-order chi connectivity index (χ1) is 8.74. The van der Waals surface area contributed by atoms with Gasteiger partial charge in [-0.25, -0.2) is 8.42 Å². The summed E-state index contributed by atoms with van der Waals surface area (Å²) in [5.74, 6) is -0.418. The Kier molecular flexibility index (Phi) is 5.40. The zero-order valence-electron chi connectivity index (χ0n) is 10.2. The van der Waals surface area contributed by atoms with E-state index in [1.165, 1.54) is 18.2 Å². The van der Waals surface area contributed by atoms with Crippen LogP contribution < -0.4 is 5.32 Å². The van der Waals surface area contributed by atoms with E-state index >= 15 is 0 Å². The molecule has 1 atom stereocenters. The van der Waals surface area contributed by atoms with Gasteiger partial charge in [0.25, 0.3) is 15.0 Å². The number of amides is 1. The summed E-state index contributed by atoms with van der Waals surface area (Å²) >= 11 is 5.78. The Labute approximate surface area is 121 Å². The highest BCUT2D eigenvalue weighted by Crippen LogP contribution is 2.22. The number of carbonyl (C=O) groups excluding carboxylic acids is 1. The van der Waals surface area contributed by atoms with Gasteiger partial charge in [-0.15, -0.1) is 6.58 Å². The molecule has 19 heavy (non-hydrogen) atoms. The van der Waals surface area contributed by atoms with Gasteiger partial charge in [-0.2, -0.15) is 0 Å². The van der Waals surface area contributed by atoms with Crippen molar-refractivity contribution in [3.05, 3.63) is 41.4 Å². The molecule has 0 aliphatic heterocycles. The van der Waals surface area contributed by atoms with Gasteiger partial charge >= 0.3 is 0 Å². The van der Waals surface area contributed by atoms with Crippen molar-refractivity contribution in [3.8, 4) is 0 Å². The lowest BCUT2D eigenvalue weighted by Gasteiger charge is -2.12. The highest BCUT2D eigenvalue weighted by atomic mass is 35.7. The fraction of sp³-hybridized carbons (Fsp3) is 0.250. The number of nitrogens with one attached hydrogen (secondary N) is 1. The molecule has 1 rings (SSSR count). The van der Waals surface area contributed by atoms with Crippen molar-refractivity contribution >= 4 is 37.2 Å². The van der Waals surface area contributed by atoms with E-state index in [0.717, 1.165) is 0 Å². The Morgan fingerprint density at radius 1 is 1.47 bits per heavy atom. The topological polar surface area (TPSA) is 63.2 Å². The van der Waals surface area contributed by atoms with E-state index in [4.69, 9.17) is 22.3 Å². The van der Waals surface area contributed by atoms with Gasteiger partial charge < -0.3 is 5.32 Å². The smallest absolute Gasteiger partial charge is 0.261 e. The SMILES string of the molecule is C=CCC(C)NC(=O)c1cc(Cl)cc(S(=O)(=O)Cl)c1. The van der Waals surface area contributed by atoms with E-state index in [2.05, 4.69) is 11.9 Å². The summed E-state index contributed by atoms with van der Waals surface area (Å²) < 4.78 is 22.5. The number of rotatable bonds is 5. The zero-order chi connectivity index (χ0) is 14.6. The van der Waals surface area contributed by atoms with Crippen LogP contribution in [0.5, 0.6) is 0 Å². The maximum absolute atomic E-state index is 11.9. The molecule has 0 saturated carbocycles. The van der Waals surface area contributed by atoms with Crippen molar-refractivity contribution in [1.29, 1.82) is 0 Å². The van der Waals surface area contributed by atoms with Gasteiger partial charge in [0.05, 0.1) is 4.90 Å². The number of halogens is 2. The molecule has 0 aromatic heterocycles. The summed E-state index contributed by atoms with van der Waals surface area (Å²) in [5.41, 5.74) is 0.141. The van der Waals surface area contributed by atoms with Crippen LogP contribution in [0.4, 0.5) is 0 Å². The van der Waals surface area contributed by atoms with Crippen molar-refractivity contribution in [3.63, 3.8) is 0 Å². The number of benzene rings is 1. The molecular formula is C12H13Cl2NO3S. The largest absolute Gasteiger partial charge is 0.349 e. The molecule has 4 nitrogen and oxygen atoms in total. The lowest BCUT2D eigenvalue weighted by molar-refractivity contribution is 0.0940. The number of hydrogen-bond acceptors (Lipinski definition) is 3. The molecule has 1 amide bonds. The molecule has 1 aromatic carbocycles. The van der Waals surface area contributed by atoms with Crippen LogP contribution in [0.3, 0.4) is 0 Å². The minimum Gasteiger partial charge on any atom is -0.349 e.